The van der Waals surface area contributed by atoms with Gasteiger partial charge >= 0.3 is 26.2 Å². The van der Waals surface area contributed by atoms with Crippen molar-refractivity contribution in [3.8, 4) is 0 Å². The first kappa shape index (κ1) is 21.0. The summed E-state index contributed by atoms with van der Waals surface area (Å²) in [6.07, 6.45) is 0. The summed E-state index contributed by atoms with van der Waals surface area (Å²) in [6.45, 7) is 4.20. The molecular weight excluding hydrogens is 354 g/mol. The van der Waals surface area contributed by atoms with Crippen molar-refractivity contribution in [2.75, 3.05) is 0 Å². The first-order valence-electron chi connectivity index (χ1n) is 5.56. The van der Waals surface area contributed by atoms with Gasteiger partial charge in [-0.3, -0.25) is 0 Å². The van der Waals surface area contributed by atoms with Crippen molar-refractivity contribution >= 4 is 10.8 Å². The predicted molar refractivity (Wildman–Crippen MR) is 71.1 cm³/mol. The van der Waals surface area contributed by atoms with E-state index < -0.39 is 0 Å². The summed E-state index contributed by atoms with van der Waals surface area (Å²) >= 11 is 0. The maximum atomic E-state index is 2.20. The number of fused-ring (bicyclic) bond motifs is 1. The second-order valence-corrected chi connectivity index (χ2v) is 4.12. The maximum Gasteiger partial charge on any atom is 4.00 e. The third-order valence-corrected chi connectivity index (χ3v) is 2.62. The molecule has 0 radical (unpaired) electrons. The SMILES string of the molecule is Cc1cc[cH-]c1.Cc1ccc2[cH-]ccc2c1.[Cl-].[Cl-].[Zr+4]. The second kappa shape index (κ2) is 10.4. The Balaban J connectivity index is 0. The Morgan fingerprint density at radius 3 is 2.11 bits per heavy atom. The number of hydrogen-bond donors (Lipinski definition) is 0. The first-order valence-corrected chi connectivity index (χ1v) is 5.56. The zero-order chi connectivity index (χ0) is 11.4. The van der Waals surface area contributed by atoms with E-state index in [0.717, 1.165) is 0 Å². The summed E-state index contributed by atoms with van der Waals surface area (Å²) in [7, 11) is 0. The van der Waals surface area contributed by atoms with Gasteiger partial charge < -0.3 is 24.8 Å². The van der Waals surface area contributed by atoms with E-state index >= 15 is 0 Å². The van der Waals surface area contributed by atoms with Crippen LogP contribution in [0.1, 0.15) is 11.1 Å². The Morgan fingerprint density at radius 2 is 1.58 bits per heavy atom. The summed E-state index contributed by atoms with van der Waals surface area (Å²) in [6, 6.07) is 21.1. The van der Waals surface area contributed by atoms with Crippen molar-refractivity contribution in [3.63, 3.8) is 0 Å². The molecule has 0 amide bonds. The minimum Gasteiger partial charge on any atom is -1.00 e. The molecule has 3 aromatic rings. The molecular formula is C16H16Cl2Zr. The quantitative estimate of drug-likeness (QED) is 0.427. The summed E-state index contributed by atoms with van der Waals surface area (Å²) in [5, 5.41) is 2.69. The Morgan fingerprint density at radius 1 is 0.842 bits per heavy atom. The fourth-order valence-electron chi connectivity index (χ4n) is 1.72. The molecule has 19 heavy (non-hydrogen) atoms. The molecule has 0 spiro atoms. The molecule has 0 fully saturated rings. The van der Waals surface area contributed by atoms with Crippen LogP contribution in [0.3, 0.4) is 0 Å². The molecule has 0 heterocycles. The van der Waals surface area contributed by atoms with Crippen molar-refractivity contribution in [3.05, 3.63) is 71.8 Å². The van der Waals surface area contributed by atoms with Crippen LogP contribution in [0.5, 0.6) is 0 Å². The van der Waals surface area contributed by atoms with Gasteiger partial charge in [0.05, 0.1) is 0 Å². The zero-order valence-corrected chi connectivity index (χ0v) is 15.0. The van der Waals surface area contributed by atoms with Gasteiger partial charge in [-0.2, -0.15) is 35.7 Å². The Bertz CT molecular complexity index is 553. The molecule has 0 bridgehead atoms. The molecule has 0 atom stereocenters. The molecule has 0 unspecified atom stereocenters. The van der Waals surface area contributed by atoms with E-state index in [9.17, 15) is 0 Å². The number of aryl methyl sites for hydroxylation is 2. The largest absolute Gasteiger partial charge is 4.00 e. The average molecular weight is 370 g/mol. The number of halogens is 2. The average Bonchev–Trinajstić information content (AvgIpc) is 2.88. The third-order valence-electron chi connectivity index (χ3n) is 2.62. The van der Waals surface area contributed by atoms with Gasteiger partial charge in [0.1, 0.15) is 0 Å². The Kier molecular flexibility index (Phi) is 11.5. The molecule has 0 N–H and O–H groups in total. The van der Waals surface area contributed by atoms with Crippen molar-refractivity contribution in [2.45, 2.75) is 13.8 Å². The van der Waals surface area contributed by atoms with Crippen LogP contribution in [0.2, 0.25) is 0 Å². The van der Waals surface area contributed by atoms with Crippen molar-refractivity contribution in [2.24, 2.45) is 0 Å². The van der Waals surface area contributed by atoms with Crippen LogP contribution in [-0.4, -0.2) is 0 Å². The van der Waals surface area contributed by atoms with Gasteiger partial charge in [0.15, 0.2) is 0 Å². The van der Waals surface area contributed by atoms with Crippen LogP contribution in [0.25, 0.3) is 10.8 Å². The van der Waals surface area contributed by atoms with Crippen LogP contribution >= 0.6 is 0 Å². The van der Waals surface area contributed by atoms with Crippen molar-refractivity contribution in [1.29, 1.82) is 0 Å². The molecule has 0 saturated carbocycles. The third kappa shape index (κ3) is 6.57. The van der Waals surface area contributed by atoms with E-state index in [1.807, 2.05) is 12.1 Å². The van der Waals surface area contributed by atoms with Gasteiger partial charge in [0, 0.05) is 0 Å². The summed E-state index contributed by atoms with van der Waals surface area (Å²) in [5.41, 5.74) is 2.67. The van der Waals surface area contributed by atoms with Gasteiger partial charge in [-0.15, -0.1) is 29.7 Å². The second-order valence-electron chi connectivity index (χ2n) is 4.12. The standard InChI is InChI=1S/C10H9.C6H7.2ClH.Zr/c1-8-5-6-9-3-2-4-10(9)7-8;1-6-4-2-3-5-6;;;/h2-7H,1H3;2-5H,1H3;2*1H;/q2*-1;;;+4/p-2. The first-order chi connectivity index (χ1) is 7.75. The predicted octanol–water partition coefficient (Wildman–Crippen LogP) is -1.41. The van der Waals surface area contributed by atoms with Crippen LogP contribution in [-0.2, 0) is 26.2 Å². The summed E-state index contributed by atoms with van der Waals surface area (Å²) in [5.74, 6) is 0. The van der Waals surface area contributed by atoms with Gasteiger partial charge in [0.2, 0.25) is 0 Å². The Hall–Kier alpha value is -0.357. The van der Waals surface area contributed by atoms with E-state index in [1.54, 1.807) is 0 Å². The normalized spacial score (nSPS) is 8.32. The van der Waals surface area contributed by atoms with Gasteiger partial charge in [0.25, 0.3) is 0 Å². The van der Waals surface area contributed by atoms with Crippen molar-refractivity contribution < 1.29 is 51.0 Å². The van der Waals surface area contributed by atoms with Crippen molar-refractivity contribution in [1.82, 2.24) is 0 Å². The molecule has 98 valence electrons. The van der Waals surface area contributed by atoms with Gasteiger partial charge in [-0.25, -0.2) is 11.6 Å². The van der Waals surface area contributed by atoms with E-state index in [-0.39, 0.29) is 51.0 Å². The van der Waals surface area contributed by atoms with E-state index in [1.165, 1.54) is 21.9 Å². The molecule has 0 aliphatic heterocycles. The molecule has 0 aromatic heterocycles. The van der Waals surface area contributed by atoms with Crippen LogP contribution in [0.15, 0.2) is 60.7 Å². The zero-order valence-electron chi connectivity index (χ0n) is 11.0. The molecule has 3 aromatic carbocycles. The van der Waals surface area contributed by atoms with E-state index in [4.69, 9.17) is 0 Å². The molecule has 3 rings (SSSR count). The van der Waals surface area contributed by atoms with Crippen LogP contribution in [0.4, 0.5) is 0 Å². The summed E-state index contributed by atoms with van der Waals surface area (Å²) in [4.78, 5) is 0. The van der Waals surface area contributed by atoms with Crippen LogP contribution < -0.4 is 24.8 Å². The maximum absolute atomic E-state index is 2.20. The molecule has 0 nitrogen and oxygen atoms in total. The topological polar surface area (TPSA) is 0 Å². The Labute approximate surface area is 146 Å². The molecule has 0 aliphatic carbocycles. The number of hydrogen-bond acceptors (Lipinski definition) is 0. The molecule has 0 aliphatic rings. The van der Waals surface area contributed by atoms with Gasteiger partial charge in [-0.05, 0) is 6.92 Å². The fourth-order valence-corrected chi connectivity index (χ4v) is 1.72. The minimum atomic E-state index is 0. The minimum absolute atomic E-state index is 0. The number of benzene rings is 1. The molecule has 0 saturated heterocycles. The number of rotatable bonds is 0. The van der Waals surface area contributed by atoms with E-state index in [2.05, 4.69) is 62.4 Å². The van der Waals surface area contributed by atoms with Gasteiger partial charge in [-0.1, -0.05) is 12.5 Å². The summed E-state index contributed by atoms with van der Waals surface area (Å²) < 4.78 is 0. The molecule has 3 heteroatoms. The van der Waals surface area contributed by atoms with Crippen LogP contribution in [0, 0.1) is 13.8 Å². The smallest absolute Gasteiger partial charge is 1.00 e. The van der Waals surface area contributed by atoms with E-state index in [0.29, 0.717) is 0 Å². The fraction of sp³-hybridized carbons (Fsp3) is 0.125. The monoisotopic (exact) mass is 368 g/mol.